The van der Waals surface area contributed by atoms with E-state index >= 15 is 0 Å². The molecular weight excluding hydrogens is 234 g/mol. The first kappa shape index (κ1) is 11.7. The van der Waals surface area contributed by atoms with Crippen molar-refractivity contribution >= 4 is 27.9 Å². The van der Waals surface area contributed by atoms with E-state index in [9.17, 15) is 4.79 Å². The molecule has 0 fully saturated rings. The van der Waals surface area contributed by atoms with E-state index in [0.29, 0.717) is 0 Å². The Morgan fingerprint density at radius 1 is 1.24 bits per heavy atom. The van der Waals surface area contributed by atoms with Crippen LogP contribution in [0.3, 0.4) is 0 Å². The second-order valence-corrected chi connectivity index (χ2v) is 4.43. The quantitative estimate of drug-likeness (QED) is 0.831. The number of benzene rings is 1. The molecule has 0 spiro atoms. The van der Waals surface area contributed by atoms with Crippen LogP contribution in [-0.4, -0.2) is 13.0 Å². The molecule has 0 atom stereocenters. The van der Waals surface area contributed by atoms with Crippen LogP contribution in [0.1, 0.15) is 6.92 Å². The highest BCUT2D eigenvalue weighted by molar-refractivity contribution is 7.14. The zero-order valence-corrected chi connectivity index (χ0v) is 10.5. The predicted molar refractivity (Wildman–Crippen MR) is 70.1 cm³/mol. The summed E-state index contributed by atoms with van der Waals surface area (Å²) in [4.78, 5) is 13.4. The monoisotopic (exact) mass is 247 g/mol. The lowest BCUT2D eigenvalue weighted by atomic mass is 10.2. The summed E-state index contributed by atoms with van der Waals surface area (Å²) in [6.45, 7) is 1.56. The van der Waals surface area contributed by atoms with Gasteiger partial charge >= 0.3 is 0 Å². The number of anilines is 2. The SMILES string of the molecule is COc1ccc(N(C(C)=O)c2cccs2)cc1. The highest BCUT2D eigenvalue weighted by Crippen LogP contribution is 2.30. The molecular formula is C13H13NO2S. The normalized spacial score (nSPS) is 10.0. The van der Waals surface area contributed by atoms with Gasteiger partial charge in [-0.3, -0.25) is 9.69 Å². The van der Waals surface area contributed by atoms with Gasteiger partial charge in [0, 0.05) is 12.6 Å². The summed E-state index contributed by atoms with van der Waals surface area (Å²) in [5, 5.41) is 2.87. The molecule has 0 radical (unpaired) electrons. The van der Waals surface area contributed by atoms with Gasteiger partial charge < -0.3 is 4.74 Å². The lowest BCUT2D eigenvalue weighted by Crippen LogP contribution is -2.21. The fourth-order valence-corrected chi connectivity index (χ4v) is 2.39. The standard InChI is InChI=1S/C13H13NO2S/c1-10(15)14(13-4-3-9-17-13)11-5-7-12(16-2)8-6-11/h3-9H,1-2H3. The minimum Gasteiger partial charge on any atom is -0.497 e. The van der Waals surface area contributed by atoms with E-state index in [4.69, 9.17) is 4.74 Å². The third-order valence-corrected chi connectivity index (χ3v) is 3.23. The summed E-state index contributed by atoms with van der Waals surface area (Å²) >= 11 is 1.54. The fraction of sp³-hybridized carbons (Fsp3) is 0.154. The Morgan fingerprint density at radius 3 is 2.41 bits per heavy atom. The van der Waals surface area contributed by atoms with E-state index in [0.717, 1.165) is 16.4 Å². The lowest BCUT2D eigenvalue weighted by molar-refractivity contribution is -0.115. The van der Waals surface area contributed by atoms with Crippen LogP contribution in [0, 0.1) is 0 Å². The minimum atomic E-state index is -0.00221. The van der Waals surface area contributed by atoms with Crippen LogP contribution >= 0.6 is 11.3 Å². The van der Waals surface area contributed by atoms with Crippen molar-refractivity contribution in [2.24, 2.45) is 0 Å². The van der Waals surface area contributed by atoms with Crippen molar-refractivity contribution in [3.8, 4) is 5.75 Å². The summed E-state index contributed by atoms with van der Waals surface area (Å²) in [6, 6.07) is 11.3. The van der Waals surface area contributed by atoms with Crippen LogP contribution in [0.2, 0.25) is 0 Å². The van der Waals surface area contributed by atoms with Crippen molar-refractivity contribution in [2.45, 2.75) is 6.92 Å². The van der Waals surface area contributed by atoms with Crippen LogP contribution in [0.4, 0.5) is 10.7 Å². The first-order valence-corrected chi connectivity index (χ1v) is 6.08. The van der Waals surface area contributed by atoms with Crippen LogP contribution in [0.25, 0.3) is 0 Å². The van der Waals surface area contributed by atoms with E-state index < -0.39 is 0 Å². The molecule has 0 saturated carbocycles. The van der Waals surface area contributed by atoms with Crippen molar-refractivity contribution in [2.75, 3.05) is 12.0 Å². The van der Waals surface area contributed by atoms with E-state index in [1.54, 1.807) is 18.9 Å². The second kappa shape index (κ2) is 5.01. The van der Waals surface area contributed by atoms with Crippen molar-refractivity contribution in [1.29, 1.82) is 0 Å². The third-order valence-electron chi connectivity index (χ3n) is 2.37. The number of hydrogen-bond acceptors (Lipinski definition) is 3. The number of amides is 1. The molecule has 0 aliphatic heterocycles. The molecule has 88 valence electrons. The van der Waals surface area contributed by atoms with E-state index in [1.165, 1.54) is 11.3 Å². The highest BCUT2D eigenvalue weighted by atomic mass is 32.1. The van der Waals surface area contributed by atoms with Crippen LogP contribution < -0.4 is 9.64 Å². The Balaban J connectivity index is 2.36. The molecule has 1 heterocycles. The van der Waals surface area contributed by atoms with Gasteiger partial charge in [0.25, 0.3) is 0 Å². The van der Waals surface area contributed by atoms with Crippen LogP contribution in [0.5, 0.6) is 5.75 Å². The van der Waals surface area contributed by atoms with E-state index in [1.807, 2.05) is 41.8 Å². The maximum Gasteiger partial charge on any atom is 0.229 e. The van der Waals surface area contributed by atoms with Crippen molar-refractivity contribution < 1.29 is 9.53 Å². The summed E-state index contributed by atoms with van der Waals surface area (Å²) in [5.41, 5.74) is 0.848. The Labute approximate surface area is 104 Å². The number of rotatable bonds is 3. The Morgan fingerprint density at radius 2 is 1.94 bits per heavy atom. The van der Waals surface area contributed by atoms with Crippen molar-refractivity contribution in [1.82, 2.24) is 0 Å². The topological polar surface area (TPSA) is 29.5 Å². The van der Waals surface area contributed by atoms with Gasteiger partial charge in [-0.15, -0.1) is 11.3 Å². The molecule has 2 rings (SSSR count). The molecule has 0 aliphatic carbocycles. The van der Waals surface area contributed by atoms with Gasteiger partial charge in [-0.1, -0.05) is 0 Å². The Bertz CT molecular complexity index is 491. The second-order valence-electron chi connectivity index (χ2n) is 3.50. The first-order valence-electron chi connectivity index (χ1n) is 5.20. The van der Waals surface area contributed by atoms with Gasteiger partial charge in [0.1, 0.15) is 10.8 Å². The van der Waals surface area contributed by atoms with Gasteiger partial charge in [-0.2, -0.15) is 0 Å². The molecule has 0 unspecified atom stereocenters. The molecule has 3 nitrogen and oxygen atoms in total. The molecule has 2 aromatic rings. The van der Waals surface area contributed by atoms with Gasteiger partial charge in [0.15, 0.2) is 0 Å². The Hall–Kier alpha value is -1.81. The number of nitrogens with zero attached hydrogens (tertiary/aromatic N) is 1. The van der Waals surface area contributed by atoms with Gasteiger partial charge in [0.05, 0.1) is 7.11 Å². The first-order chi connectivity index (χ1) is 8.22. The van der Waals surface area contributed by atoms with E-state index in [-0.39, 0.29) is 5.91 Å². The van der Waals surface area contributed by atoms with Gasteiger partial charge in [-0.05, 0) is 41.8 Å². The van der Waals surface area contributed by atoms with Gasteiger partial charge in [-0.25, -0.2) is 0 Å². The molecule has 1 amide bonds. The number of thiophene rings is 1. The molecule has 1 aromatic heterocycles. The predicted octanol–water partition coefficient (Wildman–Crippen LogP) is 3.44. The number of hydrogen-bond donors (Lipinski definition) is 0. The number of carbonyl (C=O) groups is 1. The summed E-state index contributed by atoms with van der Waals surface area (Å²) in [6.07, 6.45) is 0. The number of carbonyl (C=O) groups excluding carboxylic acids is 1. The molecule has 0 saturated heterocycles. The summed E-state index contributed by atoms with van der Waals surface area (Å²) in [5.74, 6) is 0.779. The third kappa shape index (κ3) is 2.47. The summed E-state index contributed by atoms with van der Waals surface area (Å²) in [7, 11) is 1.62. The maximum atomic E-state index is 11.7. The smallest absolute Gasteiger partial charge is 0.229 e. The van der Waals surface area contributed by atoms with Crippen LogP contribution in [0.15, 0.2) is 41.8 Å². The highest BCUT2D eigenvalue weighted by Gasteiger charge is 2.14. The lowest BCUT2D eigenvalue weighted by Gasteiger charge is -2.19. The molecule has 1 aromatic carbocycles. The maximum absolute atomic E-state index is 11.7. The van der Waals surface area contributed by atoms with Crippen LogP contribution in [-0.2, 0) is 4.79 Å². The fourth-order valence-electron chi connectivity index (χ4n) is 1.59. The molecule has 4 heteroatoms. The Kier molecular flexibility index (Phi) is 3.44. The zero-order valence-electron chi connectivity index (χ0n) is 9.71. The summed E-state index contributed by atoms with van der Waals surface area (Å²) < 4.78 is 5.10. The number of methoxy groups -OCH3 is 1. The van der Waals surface area contributed by atoms with Crippen molar-refractivity contribution in [3.05, 3.63) is 41.8 Å². The minimum absolute atomic E-state index is 0.00221. The molecule has 0 bridgehead atoms. The van der Waals surface area contributed by atoms with Crippen molar-refractivity contribution in [3.63, 3.8) is 0 Å². The number of ether oxygens (including phenoxy) is 1. The molecule has 0 N–H and O–H groups in total. The largest absolute Gasteiger partial charge is 0.497 e. The molecule has 0 aliphatic rings. The average Bonchev–Trinajstić information content (AvgIpc) is 2.83. The van der Waals surface area contributed by atoms with E-state index in [2.05, 4.69) is 0 Å². The molecule has 17 heavy (non-hydrogen) atoms. The van der Waals surface area contributed by atoms with Gasteiger partial charge in [0.2, 0.25) is 5.91 Å². The average molecular weight is 247 g/mol. The zero-order chi connectivity index (χ0) is 12.3.